The summed E-state index contributed by atoms with van der Waals surface area (Å²) < 4.78 is 25.8. The van der Waals surface area contributed by atoms with Crippen LogP contribution in [0.1, 0.15) is 15.9 Å². The number of anilines is 2. The fourth-order valence-electron chi connectivity index (χ4n) is 1.64. The van der Waals surface area contributed by atoms with E-state index in [-0.39, 0.29) is 23.6 Å². The number of pyridine rings is 1. The van der Waals surface area contributed by atoms with Gasteiger partial charge >= 0.3 is 5.97 Å². The summed E-state index contributed by atoms with van der Waals surface area (Å²) in [7, 11) is 0. The Balaban J connectivity index is 2.17. The van der Waals surface area contributed by atoms with Crippen LogP contribution in [0.15, 0.2) is 30.5 Å². The maximum Gasteiger partial charge on any atom is 0.337 e. The van der Waals surface area contributed by atoms with Gasteiger partial charge in [-0.2, -0.15) is 0 Å². The van der Waals surface area contributed by atoms with E-state index in [1.54, 1.807) is 0 Å². The molecule has 0 atom stereocenters. The molecule has 7 heteroatoms. The first-order valence-electron chi connectivity index (χ1n) is 5.64. The number of carboxylic acids is 1. The lowest BCUT2D eigenvalue weighted by Crippen LogP contribution is -2.09. The Morgan fingerprint density at radius 1 is 1.30 bits per heavy atom. The smallest absolute Gasteiger partial charge is 0.337 e. The molecule has 20 heavy (non-hydrogen) atoms. The Hall–Kier alpha value is -2.70. The number of aromatic carboxylic acids is 1. The van der Waals surface area contributed by atoms with Gasteiger partial charge in [0.25, 0.3) is 0 Å². The van der Waals surface area contributed by atoms with E-state index < -0.39 is 17.6 Å². The van der Waals surface area contributed by atoms with Crippen molar-refractivity contribution in [3.05, 3.63) is 53.2 Å². The monoisotopic (exact) mass is 279 g/mol. The van der Waals surface area contributed by atoms with E-state index in [2.05, 4.69) is 10.3 Å². The van der Waals surface area contributed by atoms with Gasteiger partial charge in [-0.15, -0.1) is 0 Å². The number of hydrogen-bond acceptors (Lipinski definition) is 4. The highest BCUT2D eigenvalue weighted by Crippen LogP contribution is 2.20. The minimum Gasteiger partial charge on any atom is -0.478 e. The molecule has 2 rings (SSSR count). The number of nitrogens with two attached hydrogens (primary N) is 1. The predicted octanol–water partition coefficient (Wildman–Crippen LogP) is 2.25. The normalized spacial score (nSPS) is 10.3. The molecule has 0 aliphatic rings. The standard InChI is InChI=1S/C13H11F2N3O2/c14-9-2-1-7(5-10(9)15)6-18-12-11(16)8(13(19)20)3-4-17-12/h1-5H,6,16H2,(H,17,18)(H,19,20). The molecule has 1 heterocycles. The molecule has 0 radical (unpaired) electrons. The average Bonchev–Trinajstić information content (AvgIpc) is 2.41. The second-order valence-electron chi connectivity index (χ2n) is 4.03. The van der Waals surface area contributed by atoms with Crippen molar-refractivity contribution in [2.24, 2.45) is 0 Å². The van der Waals surface area contributed by atoms with Crippen LogP contribution in [0.3, 0.4) is 0 Å². The Bertz CT molecular complexity index is 662. The van der Waals surface area contributed by atoms with E-state index in [1.165, 1.54) is 18.3 Å². The third-order valence-corrected chi connectivity index (χ3v) is 2.66. The van der Waals surface area contributed by atoms with E-state index >= 15 is 0 Å². The van der Waals surface area contributed by atoms with Crippen LogP contribution in [0.2, 0.25) is 0 Å². The van der Waals surface area contributed by atoms with Crippen molar-refractivity contribution in [3.8, 4) is 0 Å². The van der Waals surface area contributed by atoms with Crippen LogP contribution in [0.25, 0.3) is 0 Å². The average molecular weight is 279 g/mol. The van der Waals surface area contributed by atoms with Crippen molar-refractivity contribution in [2.75, 3.05) is 11.1 Å². The highest BCUT2D eigenvalue weighted by atomic mass is 19.2. The number of nitrogen functional groups attached to an aromatic ring is 1. The van der Waals surface area contributed by atoms with Gasteiger partial charge in [-0.05, 0) is 23.8 Å². The van der Waals surface area contributed by atoms with E-state index in [1.807, 2.05) is 0 Å². The SMILES string of the molecule is Nc1c(C(=O)O)ccnc1NCc1ccc(F)c(F)c1. The molecule has 104 valence electrons. The third-order valence-electron chi connectivity index (χ3n) is 2.66. The summed E-state index contributed by atoms with van der Waals surface area (Å²) >= 11 is 0. The van der Waals surface area contributed by atoms with Gasteiger partial charge in [0.05, 0.1) is 11.3 Å². The van der Waals surface area contributed by atoms with Crippen molar-refractivity contribution in [1.29, 1.82) is 0 Å². The lowest BCUT2D eigenvalue weighted by Gasteiger charge is -2.10. The van der Waals surface area contributed by atoms with Gasteiger partial charge in [-0.25, -0.2) is 18.6 Å². The van der Waals surface area contributed by atoms with Gasteiger partial charge in [0.2, 0.25) is 0 Å². The number of aromatic nitrogens is 1. The van der Waals surface area contributed by atoms with Crippen molar-refractivity contribution in [2.45, 2.75) is 6.54 Å². The molecule has 0 aliphatic carbocycles. The predicted molar refractivity (Wildman–Crippen MR) is 69.3 cm³/mol. The van der Waals surface area contributed by atoms with Crippen molar-refractivity contribution >= 4 is 17.5 Å². The molecule has 0 unspecified atom stereocenters. The van der Waals surface area contributed by atoms with Gasteiger partial charge < -0.3 is 16.2 Å². The molecular formula is C13H11F2N3O2. The van der Waals surface area contributed by atoms with Crippen LogP contribution in [0, 0.1) is 11.6 Å². The van der Waals surface area contributed by atoms with Crippen LogP contribution in [0.5, 0.6) is 0 Å². The fourth-order valence-corrected chi connectivity index (χ4v) is 1.64. The number of nitrogens with zero attached hydrogens (tertiary/aromatic N) is 1. The Kier molecular flexibility index (Phi) is 3.79. The first kappa shape index (κ1) is 13.7. The Morgan fingerprint density at radius 3 is 2.70 bits per heavy atom. The first-order valence-corrected chi connectivity index (χ1v) is 5.64. The molecule has 2 aromatic rings. The molecule has 5 nitrogen and oxygen atoms in total. The molecule has 0 saturated heterocycles. The molecule has 0 amide bonds. The zero-order valence-electron chi connectivity index (χ0n) is 10.2. The topological polar surface area (TPSA) is 88.2 Å². The molecule has 0 fully saturated rings. The molecule has 1 aromatic carbocycles. The summed E-state index contributed by atoms with van der Waals surface area (Å²) in [6.45, 7) is 0.136. The highest BCUT2D eigenvalue weighted by molar-refractivity contribution is 5.96. The highest BCUT2D eigenvalue weighted by Gasteiger charge is 2.12. The van der Waals surface area contributed by atoms with Gasteiger partial charge in [0.1, 0.15) is 5.82 Å². The molecule has 0 spiro atoms. The fraction of sp³-hybridized carbons (Fsp3) is 0.0769. The number of hydrogen-bond donors (Lipinski definition) is 3. The zero-order valence-corrected chi connectivity index (χ0v) is 10.2. The Morgan fingerprint density at radius 2 is 2.05 bits per heavy atom. The second kappa shape index (κ2) is 5.52. The minimum absolute atomic E-state index is 0.0115. The van der Waals surface area contributed by atoms with Gasteiger partial charge in [0.15, 0.2) is 11.6 Å². The van der Waals surface area contributed by atoms with E-state index in [0.29, 0.717) is 5.56 Å². The summed E-state index contributed by atoms with van der Waals surface area (Å²) in [6, 6.07) is 4.74. The third kappa shape index (κ3) is 2.82. The van der Waals surface area contributed by atoms with E-state index in [9.17, 15) is 13.6 Å². The summed E-state index contributed by atoms with van der Waals surface area (Å²) in [5, 5.41) is 11.7. The maximum atomic E-state index is 13.0. The van der Waals surface area contributed by atoms with Gasteiger partial charge in [0, 0.05) is 12.7 Å². The molecule has 4 N–H and O–H groups in total. The number of benzene rings is 1. The molecule has 0 saturated carbocycles. The molecule has 0 bridgehead atoms. The number of carboxylic acid groups (broad SMARTS) is 1. The molecule has 1 aromatic heterocycles. The van der Waals surface area contributed by atoms with E-state index in [4.69, 9.17) is 10.8 Å². The van der Waals surface area contributed by atoms with Crippen molar-refractivity contribution < 1.29 is 18.7 Å². The van der Waals surface area contributed by atoms with E-state index in [0.717, 1.165) is 12.1 Å². The lowest BCUT2D eigenvalue weighted by atomic mass is 10.2. The lowest BCUT2D eigenvalue weighted by molar-refractivity contribution is 0.0698. The molecule has 0 aliphatic heterocycles. The number of rotatable bonds is 4. The molecular weight excluding hydrogens is 268 g/mol. The summed E-state index contributed by atoms with van der Waals surface area (Å²) in [6.07, 6.45) is 1.30. The summed E-state index contributed by atoms with van der Waals surface area (Å²) in [4.78, 5) is 14.8. The maximum absolute atomic E-state index is 13.0. The number of carbonyl (C=O) groups is 1. The minimum atomic E-state index is -1.17. The second-order valence-corrected chi connectivity index (χ2v) is 4.03. The largest absolute Gasteiger partial charge is 0.478 e. The van der Waals surface area contributed by atoms with Crippen LogP contribution < -0.4 is 11.1 Å². The van der Waals surface area contributed by atoms with Crippen molar-refractivity contribution in [1.82, 2.24) is 4.98 Å². The summed E-state index contributed by atoms with van der Waals surface area (Å²) in [5.41, 5.74) is 6.05. The van der Waals surface area contributed by atoms with Crippen LogP contribution >= 0.6 is 0 Å². The number of nitrogens with one attached hydrogen (secondary N) is 1. The Labute approximate surface area is 113 Å². The zero-order chi connectivity index (χ0) is 14.7. The van der Waals surface area contributed by atoms with Crippen LogP contribution in [-0.2, 0) is 6.54 Å². The van der Waals surface area contributed by atoms with Crippen molar-refractivity contribution in [3.63, 3.8) is 0 Å². The van der Waals surface area contributed by atoms with Gasteiger partial charge in [-0.3, -0.25) is 0 Å². The van der Waals surface area contributed by atoms with Crippen LogP contribution in [-0.4, -0.2) is 16.1 Å². The number of halogens is 2. The van der Waals surface area contributed by atoms with Crippen LogP contribution in [0.4, 0.5) is 20.3 Å². The summed E-state index contributed by atoms with van der Waals surface area (Å²) in [5.74, 6) is -2.88. The quantitative estimate of drug-likeness (QED) is 0.799. The van der Waals surface area contributed by atoms with Gasteiger partial charge in [-0.1, -0.05) is 6.07 Å². The first-order chi connectivity index (χ1) is 9.49.